The maximum absolute atomic E-state index is 13.6. The summed E-state index contributed by atoms with van der Waals surface area (Å²) in [5, 5.41) is 15.4. The van der Waals surface area contributed by atoms with Crippen LogP contribution < -0.4 is 10.6 Å². The smallest absolute Gasteiger partial charge is 0.246 e. The van der Waals surface area contributed by atoms with Gasteiger partial charge in [0.25, 0.3) is 0 Å². The van der Waals surface area contributed by atoms with Gasteiger partial charge in [-0.3, -0.25) is 19.4 Å². The average molecular weight is 518 g/mol. The molecule has 2 aliphatic rings. The van der Waals surface area contributed by atoms with Gasteiger partial charge in [0.15, 0.2) is 0 Å². The number of hydrogen-bond donors (Lipinski definition) is 2. The van der Waals surface area contributed by atoms with Crippen LogP contribution in [0.3, 0.4) is 0 Å². The number of hydrogen-bond acceptors (Lipinski definition) is 5. The first kappa shape index (κ1) is 25.2. The number of piperidine rings is 1. The van der Waals surface area contributed by atoms with E-state index in [4.69, 9.17) is 0 Å². The number of rotatable bonds is 5. The Balaban J connectivity index is 1.90. The van der Waals surface area contributed by atoms with Crippen LogP contribution in [0.1, 0.15) is 58.7 Å². The van der Waals surface area contributed by atoms with Crippen molar-refractivity contribution in [2.75, 3.05) is 6.54 Å². The van der Waals surface area contributed by atoms with Crippen molar-refractivity contribution < 1.29 is 14.4 Å². The molecule has 1 unspecified atom stereocenters. The zero-order valence-corrected chi connectivity index (χ0v) is 21.8. The van der Waals surface area contributed by atoms with Crippen LogP contribution >= 0.6 is 15.9 Å². The fraction of sp³-hybridized carbons (Fsp3) is 0.625. The molecule has 1 aliphatic heterocycles. The van der Waals surface area contributed by atoms with Crippen molar-refractivity contribution in [1.29, 1.82) is 5.26 Å². The van der Waals surface area contributed by atoms with Crippen molar-refractivity contribution in [2.45, 2.75) is 66.6 Å². The van der Waals surface area contributed by atoms with Crippen molar-refractivity contribution in [3.8, 4) is 6.07 Å². The number of aromatic nitrogens is 1. The number of carbonyl (C=O) groups excluding carboxylic acids is 3. The molecule has 2 heterocycles. The van der Waals surface area contributed by atoms with Crippen molar-refractivity contribution in [3.05, 3.63) is 28.0 Å². The third-order valence-corrected chi connectivity index (χ3v) is 7.94. The molecule has 0 spiro atoms. The van der Waals surface area contributed by atoms with Crippen molar-refractivity contribution in [1.82, 2.24) is 20.5 Å². The predicted octanol–water partition coefficient (Wildman–Crippen LogP) is 2.87. The highest BCUT2D eigenvalue weighted by atomic mass is 79.9. The van der Waals surface area contributed by atoms with E-state index in [0.29, 0.717) is 12.1 Å². The standard InChI is InChI=1S/C24H32BrN5O3/c1-12-14(9-27-10-16(12)25)17(8-26)29-21(32)19-18-15(24(18,6)7)11-30(19)22(33)20(23(3,4)5)28-13(2)31/h9-10,15,17-20H,11H2,1-7H3,(H,28,31)(H,29,32)/t15-,17?,18-,19-,20+/m0/s1. The highest BCUT2D eigenvalue weighted by Gasteiger charge is 2.69. The largest absolute Gasteiger partial charge is 0.344 e. The lowest BCUT2D eigenvalue weighted by atomic mass is 9.85. The fourth-order valence-corrected chi connectivity index (χ4v) is 5.39. The van der Waals surface area contributed by atoms with Gasteiger partial charge in [0.05, 0.1) is 6.07 Å². The molecule has 0 radical (unpaired) electrons. The maximum atomic E-state index is 13.6. The van der Waals surface area contributed by atoms with Crippen LogP contribution in [0, 0.1) is 40.9 Å². The Morgan fingerprint density at radius 2 is 1.91 bits per heavy atom. The lowest BCUT2D eigenvalue weighted by molar-refractivity contribution is -0.145. The second-order valence-corrected chi connectivity index (χ2v) is 11.6. The summed E-state index contributed by atoms with van der Waals surface area (Å²) < 4.78 is 0.749. The van der Waals surface area contributed by atoms with Gasteiger partial charge in [-0.2, -0.15) is 5.26 Å². The Labute approximate surface area is 203 Å². The van der Waals surface area contributed by atoms with Gasteiger partial charge in [0, 0.05) is 35.9 Å². The quantitative estimate of drug-likeness (QED) is 0.622. The van der Waals surface area contributed by atoms with Crippen LogP contribution in [0.15, 0.2) is 16.9 Å². The van der Waals surface area contributed by atoms with E-state index in [2.05, 4.69) is 51.5 Å². The molecule has 8 nitrogen and oxygen atoms in total. The first-order valence-corrected chi connectivity index (χ1v) is 11.9. The van der Waals surface area contributed by atoms with Gasteiger partial charge in [-0.25, -0.2) is 0 Å². The monoisotopic (exact) mass is 517 g/mol. The molecule has 1 saturated heterocycles. The SMILES string of the molecule is CC(=O)N[C@H](C(=O)N1C[C@H]2[C@@H]([C@H]1C(=O)NC(C#N)c1cncc(Br)c1C)C2(C)C)C(C)(C)C. The van der Waals surface area contributed by atoms with Crippen LogP contribution in [-0.2, 0) is 14.4 Å². The van der Waals surface area contributed by atoms with Gasteiger partial charge < -0.3 is 15.5 Å². The van der Waals surface area contributed by atoms with E-state index in [-0.39, 0.29) is 35.0 Å². The Hall–Kier alpha value is -2.47. The van der Waals surface area contributed by atoms with Gasteiger partial charge in [0.2, 0.25) is 17.7 Å². The summed E-state index contributed by atoms with van der Waals surface area (Å²) in [4.78, 5) is 44.7. The molecule has 1 aliphatic carbocycles. The van der Waals surface area contributed by atoms with Crippen LogP contribution in [0.4, 0.5) is 0 Å². The molecule has 178 valence electrons. The van der Waals surface area contributed by atoms with Crippen molar-refractivity contribution in [2.24, 2.45) is 22.7 Å². The lowest BCUT2D eigenvalue weighted by Gasteiger charge is -2.37. The maximum Gasteiger partial charge on any atom is 0.246 e. The molecular formula is C24H32BrN5O3. The number of nitrogens with zero attached hydrogens (tertiary/aromatic N) is 3. The number of fused-ring (bicyclic) bond motifs is 1. The molecule has 2 fully saturated rings. The van der Waals surface area contributed by atoms with Crippen LogP contribution in [-0.4, -0.2) is 46.2 Å². The van der Waals surface area contributed by atoms with E-state index in [9.17, 15) is 19.6 Å². The van der Waals surface area contributed by atoms with Crippen molar-refractivity contribution >= 4 is 33.7 Å². The van der Waals surface area contributed by atoms with Gasteiger partial charge in [-0.1, -0.05) is 34.6 Å². The molecular weight excluding hydrogens is 486 g/mol. The number of pyridine rings is 1. The highest BCUT2D eigenvalue weighted by Crippen LogP contribution is 2.65. The molecule has 3 amide bonds. The number of amides is 3. The van der Waals surface area contributed by atoms with Gasteiger partial charge in [-0.05, 0) is 51.1 Å². The number of nitriles is 1. The normalized spacial score (nSPS) is 24.8. The van der Waals surface area contributed by atoms with E-state index in [0.717, 1.165) is 10.0 Å². The minimum absolute atomic E-state index is 0.000436. The molecule has 0 aromatic carbocycles. The number of likely N-dealkylation sites (tertiary alicyclic amines) is 1. The minimum Gasteiger partial charge on any atom is -0.344 e. The zero-order chi connectivity index (χ0) is 24.9. The summed E-state index contributed by atoms with van der Waals surface area (Å²) in [6.07, 6.45) is 3.21. The third-order valence-electron chi connectivity index (χ3n) is 7.14. The summed E-state index contributed by atoms with van der Waals surface area (Å²) in [5.41, 5.74) is 0.826. The average Bonchev–Trinajstić information content (AvgIpc) is 3.05. The molecule has 1 aromatic rings. The zero-order valence-electron chi connectivity index (χ0n) is 20.2. The van der Waals surface area contributed by atoms with Gasteiger partial charge in [0.1, 0.15) is 18.1 Å². The number of carbonyl (C=O) groups is 3. The van der Waals surface area contributed by atoms with E-state index in [1.54, 1.807) is 17.3 Å². The highest BCUT2D eigenvalue weighted by molar-refractivity contribution is 9.10. The lowest BCUT2D eigenvalue weighted by Crippen LogP contribution is -2.59. The van der Waals surface area contributed by atoms with E-state index < -0.39 is 23.5 Å². The van der Waals surface area contributed by atoms with Crippen LogP contribution in [0.25, 0.3) is 0 Å². The Morgan fingerprint density at radius 3 is 2.45 bits per heavy atom. The van der Waals surface area contributed by atoms with Gasteiger partial charge in [-0.15, -0.1) is 0 Å². The Bertz CT molecular complexity index is 1030. The van der Waals surface area contributed by atoms with E-state index in [1.165, 1.54) is 6.92 Å². The van der Waals surface area contributed by atoms with E-state index >= 15 is 0 Å². The second kappa shape index (κ2) is 8.71. The third kappa shape index (κ3) is 4.63. The predicted molar refractivity (Wildman–Crippen MR) is 126 cm³/mol. The Morgan fingerprint density at radius 1 is 1.27 bits per heavy atom. The molecule has 33 heavy (non-hydrogen) atoms. The Kier molecular flexibility index (Phi) is 6.64. The number of nitrogens with one attached hydrogen (secondary N) is 2. The summed E-state index contributed by atoms with van der Waals surface area (Å²) in [5.74, 6) is -0.723. The van der Waals surface area contributed by atoms with Crippen LogP contribution in [0.2, 0.25) is 0 Å². The fourth-order valence-electron chi connectivity index (χ4n) is 5.04. The molecule has 1 saturated carbocycles. The molecule has 5 atom stereocenters. The van der Waals surface area contributed by atoms with Crippen LogP contribution in [0.5, 0.6) is 0 Å². The summed E-state index contributed by atoms with van der Waals surface area (Å²) in [6, 6.07) is -0.197. The van der Waals surface area contributed by atoms with Gasteiger partial charge >= 0.3 is 0 Å². The molecule has 9 heteroatoms. The summed E-state index contributed by atoms with van der Waals surface area (Å²) in [7, 11) is 0. The molecule has 1 aromatic heterocycles. The minimum atomic E-state index is -0.894. The summed E-state index contributed by atoms with van der Waals surface area (Å²) >= 11 is 3.42. The molecule has 0 bridgehead atoms. The first-order chi connectivity index (χ1) is 15.2. The second-order valence-electron chi connectivity index (χ2n) is 10.8. The molecule has 2 N–H and O–H groups in total. The molecule has 3 rings (SSSR count). The number of halogens is 1. The topological polar surface area (TPSA) is 115 Å². The van der Waals surface area contributed by atoms with Crippen molar-refractivity contribution in [3.63, 3.8) is 0 Å². The first-order valence-electron chi connectivity index (χ1n) is 11.1. The van der Waals surface area contributed by atoms with E-state index in [1.807, 2.05) is 27.7 Å². The summed E-state index contributed by atoms with van der Waals surface area (Å²) in [6.45, 7) is 13.5.